The first kappa shape index (κ1) is 18.4. The Hall–Kier alpha value is -2.43. The Morgan fingerprint density at radius 1 is 1.04 bits per heavy atom. The molecular formula is C21H29N5. The van der Waals surface area contributed by atoms with E-state index in [1.807, 2.05) is 22.9 Å². The van der Waals surface area contributed by atoms with Gasteiger partial charge in [-0.25, -0.2) is 14.6 Å². The van der Waals surface area contributed by atoms with Crippen LogP contribution in [0.1, 0.15) is 70.4 Å². The van der Waals surface area contributed by atoms with Crippen LogP contribution in [0.3, 0.4) is 0 Å². The molecule has 2 aromatic heterocycles. The van der Waals surface area contributed by atoms with Gasteiger partial charge in [0.2, 0.25) is 0 Å². The van der Waals surface area contributed by atoms with Crippen LogP contribution in [0.15, 0.2) is 36.8 Å². The number of hydrogen-bond acceptors (Lipinski definition) is 4. The maximum Gasteiger partial charge on any atom is 0.157 e. The number of benzene rings is 1. The van der Waals surface area contributed by atoms with Crippen molar-refractivity contribution >= 4 is 16.6 Å². The number of fused-ring (bicyclic) bond motifs is 1. The molecule has 3 rings (SSSR count). The molecule has 1 atom stereocenters. The highest BCUT2D eigenvalue weighted by molar-refractivity contribution is 5.86. The fraction of sp³-hybridized carbons (Fsp3) is 0.476. The van der Waals surface area contributed by atoms with Crippen molar-refractivity contribution in [2.75, 3.05) is 5.73 Å². The Morgan fingerprint density at radius 2 is 1.92 bits per heavy atom. The molecule has 26 heavy (non-hydrogen) atoms. The van der Waals surface area contributed by atoms with Crippen LogP contribution in [-0.4, -0.2) is 19.7 Å². The second kappa shape index (κ2) is 8.79. The summed E-state index contributed by atoms with van der Waals surface area (Å²) in [6, 6.07) is 7.93. The molecule has 0 aliphatic heterocycles. The molecule has 0 bridgehead atoms. The van der Waals surface area contributed by atoms with Crippen LogP contribution in [0, 0.1) is 0 Å². The number of nitrogens with zero attached hydrogens (tertiary/aromatic N) is 4. The average Bonchev–Trinajstić information content (AvgIpc) is 3.03. The molecule has 0 radical (unpaired) electrons. The molecule has 0 fully saturated rings. The summed E-state index contributed by atoms with van der Waals surface area (Å²) >= 11 is 0. The third-order valence-corrected chi connectivity index (χ3v) is 4.95. The van der Waals surface area contributed by atoms with Crippen LogP contribution in [0.2, 0.25) is 0 Å². The van der Waals surface area contributed by atoms with Gasteiger partial charge >= 0.3 is 0 Å². The largest absolute Gasteiger partial charge is 0.399 e. The van der Waals surface area contributed by atoms with Crippen molar-refractivity contribution in [1.82, 2.24) is 19.7 Å². The molecule has 0 aliphatic carbocycles. The lowest BCUT2D eigenvalue weighted by Gasteiger charge is -2.14. The van der Waals surface area contributed by atoms with Gasteiger partial charge in [-0.1, -0.05) is 46.0 Å². The van der Waals surface area contributed by atoms with Gasteiger partial charge in [-0.05, 0) is 31.0 Å². The minimum absolute atomic E-state index is 0.462. The van der Waals surface area contributed by atoms with Gasteiger partial charge in [0, 0.05) is 29.3 Å². The van der Waals surface area contributed by atoms with E-state index >= 15 is 0 Å². The molecular weight excluding hydrogens is 322 g/mol. The van der Waals surface area contributed by atoms with Gasteiger partial charge in [0.25, 0.3) is 0 Å². The van der Waals surface area contributed by atoms with Gasteiger partial charge in [0.05, 0.1) is 11.2 Å². The van der Waals surface area contributed by atoms with Crippen LogP contribution >= 0.6 is 0 Å². The molecule has 5 nitrogen and oxygen atoms in total. The fourth-order valence-corrected chi connectivity index (χ4v) is 3.63. The molecule has 0 saturated heterocycles. The molecule has 0 amide bonds. The minimum atomic E-state index is 0.462. The van der Waals surface area contributed by atoms with Crippen molar-refractivity contribution in [3.05, 3.63) is 42.5 Å². The van der Waals surface area contributed by atoms with E-state index in [0.717, 1.165) is 40.9 Å². The third kappa shape index (κ3) is 4.03. The molecule has 3 aromatic rings. The smallest absolute Gasteiger partial charge is 0.157 e. The van der Waals surface area contributed by atoms with E-state index in [4.69, 9.17) is 10.8 Å². The van der Waals surface area contributed by atoms with Crippen molar-refractivity contribution in [2.24, 2.45) is 0 Å². The van der Waals surface area contributed by atoms with Crippen LogP contribution < -0.4 is 5.73 Å². The molecule has 2 heterocycles. The first-order valence-electron chi connectivity index (χ1n) is 9.79. The zero-order valence-electron chi connectivity index (χ0n) is 15.9. The van der Waals surface area contributed by atoms with Gasteiger partial charge in [-0.2, -0.15) is 5.10 Å². The topological polar surface area (TPSA) is 69.6 Å². The molecule has 0 saturated carbocycles. The van der Waals surface area contributed by atoms with E-state index in [0.29, 0.717) is 5.92 Å². The summed E-state index contributed by atoms with van der Waals surface area (Å²) in [4.78, 5) is 8.41. The van der Waals surface area contributed by atoms with Crippen molar-refractivity contribution in [2.45, 2.75) is 64.7 Å². The maximum absolute atomic E-state index is 6.09. The Bertz CT molecular complexity index is 825. The Labute approximate surface area is 155 Å². The summed E-state index contributed by atoms with van der Waals surface area (Å²) in [7, 11) is 0. The monoisotopic (exact) mass is 351 g/mol. The lowest BCUT2D eigenvalue weighted by atomic mass is 9.91. The van der Waals surface area contributed by atoms with E-state index < -0.39 is 0 Å². The number of unbranched alkanes of at least 4 members (excludes halogenated alkanes) is 3. The van der Waals surface area contributed by atoms with Crippen molar-refractivity contribution in [3.8, 4) is 5.82 Å². The lowest BCUT2D eigenvalue weighted by Crippen LogP contribution is -2.04. The highest BCUT2D eigenvalue weighted by Crippen LogP contribution is 2.34. The highest BCUT2D eigenvalue weighted by Gasteiger charge is 2.20. The molecule has 1 unspecified atom stereocenters. The van der Waals surface area contributed by atoms with Crippen LogP contribution in [-0.2, 0) is 0 Å². The van der Waals surface area contributed by atoms with Gasteiger partial charge in [0.15, 0.2) is 5.82 Å². The van der Waals surface area contributed by atoms with Crippen molar-refractivity contribution in [3.63, 3.8) is 0 Å². The standard InChI is InChI=1S/C21H29N5/c1-3-5-6-7-9-16(8-4-2)21-18-14-17(22)10-11-19(18)26(25-21)20-12-13-23-15-24-20/h10-16H,3-9,22H2,1-2H3. The fourth-order valence-electron chi connectivity index (χ4n) is 3.63. The summed E-state index contributed by atoms with van der Waals surface area (Å²) in [6.07, 6.45) is 11.9. The minimum Gasteiger partial charge on any atom is -0.399 e. The molecule has 5 heteroatoms. The SMILES string of the molecule is CCCCCCC(CCC)c1nn(-c2ccncn2)c2ccc(N)cc12. The van der Waals surface area contributed by atoms with E-state index in [-0.39, 0.29) is 0 Å². The zero-order valence-corrected chi connectivity index (χ0v) is 15.9. The summed E-state index contributed by atoms with van der Waals surface area (Å²) in [5.74, 6) is 1.26. The second-order valence-corrected chi connectivity index (χ2v) is 6.98. The average molecular weight is 351 g/mol. The van der Waals surface area contributed by atoms with E-state index in [1.54, 1.807) is 12.5 Å². The molecule has 2 N–H and O–H groups in total. The molecule has 1 aromatic carbocycles. The molecule has 0 aliphatic rings. The van der Waals surface area contributed by atoms with E-state index in [2.05, 4.69) is 29.9 Å². The summed E-state index contributed by atoms with van der Waals surface area (Å²) in [5.41, 5.74) is 9.09. The lowest BCUT2D eigenvalue weighted by molar-refractivity contribution is 0.511. The normalized spacial score (nSPS) is 12.5. The van der Waals surface area contributed by atoms with Crippen molar-refractivity contribution < 1.29 is 0 Å². The Balaban J connectivity index is 2.01. The van der Waals surface area contributed by atoms with E-state index in [1.165, 1.54) is 32.1 Å². The first-order chi connectivity index (χ1) is 12.7. The number of nitrogens with two attached hydrogens (primary N) is 1. The number of aromatic nitrogens is 4. The maximum atomic E-state index is 6.09. The van der Waals surface area contributed by atoms with Gasteiger partial charge < -0.3 is 5.73 Å². The Kier molecular flexibility index (Phi) is 6.21. The zero-order chi connectivity index (χ0) is 18.4. The molecule has 0 spiro atoms. The second-order valence-electron chi connectivity index (χ2n) is 6.98. The van der Waals surface area contributed by atoms with Crippen LogP contribution in [0.5, 0.6) is 0 Å². The van der Waals surface area contributed by atoms with Crippen LogP contribution in [0.25, 0.3) is 16.7 Å². The number of anilines is 1. The number of hydrogen-bond donors (Lipinski definition) is 1. The third-order valence-electron chi connectivity index (χ3n) is 4.95. The molecule has 138 valence electrons. The summed E-state index contributed by atoms with van der Waals surface area (Å²) < 4.78 is 1.93. The highest BCUT2D eigenvalue weighted by atomic mass is 15.3. The number of rotatable bonds is 9. The number of nitrogen functional groups attached to an aromatic ring is 1. The predicted octanol–water partition coefficient (Wildman–Crippen LogP) is 5.25. The van der Waals surface area contributed by atoms with Gasteiger partial charge in [-0.3, -0.25) is 0 Å². The van der Waals surface area contributed by atoms with Gasteiger partial charge in [-0.15, -0.1) is 0 Å². The predicted molar refractivity (Wildman–Crippen MR) is 107 cm³/mol. The quantitative estimate of drug-likeness (QED) is 0.422. The van der Waals surface area contributed by atoms with Crippen LogP contribution in [0.4, 0.5) is 5.69 Å². The summed E-state index contributed by atoms with van der Waals surface area (Å²) in [6.45, 7) is 4.50. The first-order valence-corrected chi connectivity index (χ1v) is 9.79. The van der Waals surface area contributed by atoms with E-state index in [9.17, 15) is 0 Å². The van der Waals surface area contributed by atoms with Gasteiger partial charge in [0.1, 0.15) is 6.33 Å². The summed E-state index contributed by atoms with van der Waals surface area (Å²) in [5, 5.41) is 6.14. The Morgan fingerprint density at radius 3 is 2.65 bits per heavy atom. The van der Waals surface area contributed by atoms with Crippen molar-refractivity contribution in [1.29, 1.82) is 0 Å².